The monoisotopic (exact) mass is 864 g/mol. The summed E-state index contributed by atoms with van der Waals surface area (Å²) in [5, 5.41) is 28.7. The average molecular weight is 866 g/mol. The first-order valence-corrected chi connectivity index (χ1v) is 19.5. The highest BCUT2D eigenvalue weighted by atomic mass is 35.5. The van der Waals surface area contributed by atoms with Crippen molar-refractivity contribution in [2.24, 2.45) is 0 Å². The number of halogens is 3. The second kappa shape index (κ2) is 21.3. The Morgan fingerprint density at radius 1 is 0.450 bits per heavy atom. The van der Waals surface area contributed by atoms with Crippen molar-refractivity contribution in [1.29, 1.82) is 15.8 Å². The van der Waals surface area contributed by atoms with Crippen LogP contribution in [0.25, 0.3) is 15.1 Å². The molecule has 4 aromatic carbocycles. The Morgan fingerprint density at radius 2 is 0.667 bits per heavy atom. The van der Waals surface area contributed by atoms with Crippen LogP contribution in [-0.4, -0.2) is 58.9 Å². The Hall–Kier alpha value is -6.75. The molecule has 4 rings (SSSR count). The molecule has 0 aliphatic heterocycles. The molecule has 0 amide bonds. The standard InChI is InChI=1S/C45H39Cl3N6O6/c1-7-58-43(55)37(25-49)40(46)28-10-16-31(17-11-28)52(4)34-22-35(53(5)32-18-12-29(13-19-32)41(47)38(26-50)44(56)59-8-2)24-36(23-34)54(6)33-20-14-30(15-21-33)42(48)39(27-51)45(57)60-9-3/h10-24H,7-9H2,1-6H3/b40-37-,41-38-,42-39-. The van der Waals surface area contributed by atoms with Gasteiger partial charge in [-0.2, -0.15) is 15.8 Å². The molecular formula is C45H39Cl3N6O6. The Balaban J connectivity index is 1.79. The Kier molecular flexibility index (Phi) is 16.3. The van der Waals surface area contributed by atoms with E-state index in [-0.39, 0.29) is 51.6 Å². The van der Waals surface area contributed by atoms with E-state index in [9.17, 15) is 30.2 Å². The molecule has 0 saturated carbocycles. The van der Waals surface area contributed by atoms with E-state index in [0.29, 0.717) is 16.7 Å². The summed E-state index contributed by atoms with van der Waals surface area (Å²) in [6.45, 7) is 5.20. The van der Waals surface area contributed by atoms with Crippen molar-refractivity contribution in [3.8, 4) is 18.2 Å². The van der Waals surface area contributed by atoms with Gasteiger partial charge in [0.1, 0.15) is 18.2 Å². The van der Waals surface area contributed by atoms with Crippen LogP contribution < -0.4 is 14.7 Å². The molecule has 4 aromatic rings. The highest BCUT2D eigenvalue weighted by Gasteiger charge is 2.21. The molecule has 0 bridgehead atoms. The molecule has 0 unspecified atom stereocenters. The summed E-state index contributed by atoms with van der Waals surface area (Å²) in [5.74, 6) is -2.42. The number of hydrogen-bond acceptors (Lipinski definition) is 12. The minimum absolute atomic E-state index is 0.0299. The summed E-state index contributed by atoms with van der Waals surface area (Å²) in [6, 6.07) is 32.5. The van der Waals surface area contributed by atoms with Crippen LogP contribution in [-0.2, 0) is 28.6 Å². The van der Waals surface area contributed by atoms with Crippen molar-refractivity contribution in [3.05, 3.63) is 124 Å². The topological polar surface area (TPSA) is 160 Å². The molecule has 12 nitrogen and oxygen atoms in total. The molecule has 0 aliphatic rings. The van der Waals surface area contributed by atoms with Crippen molar-refractivity contribution < 1.29 is 28.6 Å². The molecule has 0 aliphatic carbocycles. The van der Waals surface area contributed by atoms with Crippen molar-refractivity contribution in [1.82, 2.24) is 0 Å². The quantitative estimate of drug-likeness (QED) is 0.0482. The predicted molar refractivity (Wildman–Crippen MR) is 235 cm³/mol. The van der Waals surface area contributed by atoms with E-state index in [0.717, 1.165) is 34.1 Å². The second-order valence-corrected chi connectivity index (χ2v) is 13.7. The highest BCUT2D eigenvalue weighted by Crippen LogP contribution is 2.38. The SMILES string of the molecule is CCOC(=O)/C(C#N)=C(\Cl)c1ccc(N(C)c2cc(N(C)c3ccc(/C(Cl)=C(\C#N)C(=O)OCC)cc3)cc(N(C)c3ccc(/C(Cl)=C(\C#N)C(=O)OCC)cc3)c2)cc1. The van der Waals surface area contributed by atoms with Gasteiger partial charge in [-0.05, 0) is 92.1 Å². The first kappa shape index (κ1) is 45.9. The third-order valence-corrected chi connectivity index (χ3v) is 10.2. The fourth-order valence-corrected chi connectivity index (χ4v) is 6.43. The maximum absolute atomic E-state index is 12.3. The number of ether oxygens (including phenoxy) is 3. The van der Waals surface area contributed by atoms with Gasteiger partial charge in [-0.1, -0.05) is 71.2 Å². The molecule has 0 spiro atoms. The van der Waals surface area contributed by atoms with Gasteiger partial charge >= 0.3 is 17.9 Å². The van der Waals surface area contributed by atoms with Crippen LogP contribution in [0, 0.1) is 34.0 Å². The summed E-state index contributed by atoms with van der Waals surface area (Å²) in [7, 11) is 5.65. The van der Waals surface area contributed by atoms with Gasteiger partial charge in [0.05, 0.1) is 34.9 Å². The van der Waals surface area contributed by atoms with Gasteiger partial charge < -0.3 is 28.9 Å². The molecule has 15 heteroatoms. The summed E-state index contributed by atoms with van der Waals surface area (Å²) < 4.78 is 15.0. The number of nitrogens with zero attached hydrogens (tertiary/aromatic N) is 6. The third kappa shape index (κ3) is 10.6. The molecule has 0 aromatic heterocycles. The molecule has 306 valence electrons. The van der Waals surface area contributed by atoms with Crippen LogP contribution in [0.1, 0.15) is 37.5 Å². The van der Waals surface area contributed by atoms with E-state index in [2.05, 4.69) is 0 Å². The molecule has 60 heavy (non-hydrogen) atoms. The largest absolute Gasteiger partial charge is 0.462 e. The van der Waals surface area contributed by atoms with E-state index in [4.69, 9.17) is 49.0 Å². The summed E-state index contributed by atoms with van der Waals surface area (Å²) >= 11 is 19.4. The van der Waals surface area contributed by atoms with Crippen LogP contribution in [0.3, 0.4) is 0 Å². The average Bonchev–Trinajstić information content (AvgIpc) is 3.26. The summed E-state index contributed by atoms with van der Waals surface area (Å²) in [6.07, 6.45) is 0. The van der Waals surface area contributed by atoms with Crippen molar-refractivity contribution in [3.63, 3.8) is 0 Å². The number of carbonyl (C=O) groups is 3. The first-order valence-electron chi connectivity index (χ1n) is 18.3. The lowest BCUT2D eigenvalue weighted by molar-refractivity contribution is -0.138. The lowest BCUT2D eigenvalue weighted by atomic mass is 10.1. The van der Waals surface area contributed by atoms with Crippen LogP contribution in [0.15, 0.2) is 108 Å². The molecule has 0 fully saturated rings. The lowest BCUT2D eigenvalue weighted by Crippen LogP contribution is -2.16. The van der Waals surface area contributed by atoms with Gasteiger partial charge in [-0.25, -0.2) is 14.4 Å². The fourth-order valence-electron chi connectivity index (χ4n) is 5.70. The smallest absolute Gasteiger partial charge is 0.350 e. The number of benzene rings is 4. The van der Waals surface area contributed by atoms with Crippen molar-refractivity contribution in [2.75, 3.05) is 55.7 Å². The minimum atomic E-state index is -0.806. The number of esters is 3. The zero-order chi connectivity index (χ0) is 44.1. The molecule has 0 heterocycles. The maximum Gasteiger partial charge on any atom is 0.350 e. The van der Waals surface area contributed by atoms with E-state index >= 15 is 0 Å². The maximum atomic E-state index is 12.3. The van der Waals surface area contributed by atoms with Gasteiger partial charge in [0.2, 0.25) is 0 Å². The summed E-state index contributed by atoms with van der Waals surface area (Å²) in [4.78, 5) is 42.8. The number of rotatable bonds is 15. The van der Waals surface area contributed by atoms with Crippen molar-refractivity contribution in [2.45, 2.75) is 20.8 Å². The molecule has 0 saturated heterocycles. The molecule has 0 N–H and O–H groups in total. The van der Waals surface area contributed by atoms with Gasteiger partial charge in [0, 0.05) is 55.3 Å². The Labute approximate surface area is 363 Å². The van der Waals surface area contributed by atoms with Crippen LogP contribution in [0.5, 0.6) is 0 Å². The zero-order valence-corrected chi connectivity index (χ0v) is 35.8. The Morgan fingerprint density at radius 3 is 0.850 bits per heavy atom. The van der Waals surface area contributed by atoms with Gasteiger partial charge in [0.15, 0.2) is 16.7 Å². The molecular weight excluding hydrogens is 827 g/mol. The van der Waals surface area contributed by atoms with Gasteiger partial charge in [0.25, 0.3) is 0 Å². The van der Waals surface area contributed by atoms with E-state index < -0.39 is 17.9 Å². The number of nitriles is 3. The third-order valence-electron chi connectivity index (χ3n) is 9.01. The van der Waals surface area contributed by atoms with Crippen LogP contribution in [0.2, 0.25) is 0 Å². The molecule has 0 atom stereocenters. The van der Waals surface area contributed by atoms with Crippen molar-refractivity contribution >= 4 is 102 Å². The minimum Gasteiger partial charge on any atom is -0.462 e. The predicted octanol–water partition coefficient (Wildman–Crippen LogP) is 10.1. The second-order valence-electron chi connectivity index (χ2n) is 12.6. The van der Waals surface area contributed by atoms with Crippen LogP contribution in [0.4, 0.5) is 34.1 Å². The number of carbonyl (C=O) groups excluding carboxylic acids is 3. The Bertz CT molecular complexity index is 2190. The number of hydrogen-bond donors (Lipinski definition) is 0. The van der Waals surface area contributed by atoms with E-state index in [1.165, 1.54) is 0 Å². The summed E-state index contributed by atoms with van der Waals surface area (Å²) in [5.41, 5.74) is 5.06. The fraction of sp³-hybridized carbons (Fsp3) is 0.200. The van der Waals surface area contributed by atoms with E-state index in [1.807, 2.05) is 72.2 Å². The molecule has 0 radical (unpaired) electrons. The van der Waals surface area contributed by atoms with Gasteiger partial charge in [-0.3, -0.25) is 0 Å². The van der Waals surface area contributed by atoms with Crippen LogP contribution >= 0.6 is 34.8 Å². The lowest BCUT2D eigenvalue weighted by Gasteiger charge is -2.28. The van der Waals surface area contributed by atoms with Gasteiger partial charge in [-0.15, -0.1) is 0 Å². The number of anilines is 6. The van der Waals surface area contributed by atoms with E-state index in [1.54, 1.807) is 93.6 Å². The highest BCUT2D eigenvalue weighted by molar-refractivity contribution is 6.52. The zero-order valence-electron chi connectivity index (χ0n) is 33.5. The normalized spacial score (nSPS) is 11.9. The first-order chi connectivity index (χ1) is 28.7.